The summed E-state index contributed by atoms with van der Waals surface area (Å²) < 4.78 is 24.6. The maximum absolute atomic E-state index is 11.7. The number of nitrogens with zero attached hydrogens (tertiary/aromatic N) is 1. The van der Waals surface area contributed by atoms with Crippen molar-refractivity contribution in [1.29, 1.82) is 0 Å². The van der Waals surface area contributed by atoms with Gasteiger partial charge in [0.1, 0.15) is 0 Å². The molecule has 0 heterocycles. The van der Waals surface area contributed by atoms with Crippen molar-refractivity contribution in [2.75, 3.05) is 17.1 Å². The van der Waals surface area contributed by atoms with E-state index in [1.807, 2.05) is 0 Å². The molecule has 18 heavy (non-hydrogen) atoms. The van der Waals surface area contributed by atoms with Gasteiger partial charge in [0.2, 0.25) is 15.9 Å². The number of hydrogen-bond acceptors (Lipinski definition) is 3. The SMILES string of the molecule is CS(=O)(=O)N(CCCC(N)=O)c1cccc(Cl)c1. The number of sulfonamides is 1. The first kappa shape index (κ1) is 14.8. The molecule has 0 saturated heterocycles. The van der Waals surface area contributed by atoms with E-state index < -0.39 is 15.9 Å². The number of anilines is 1. The standard InChI is InChI=1S/C11H15ClN2O3S/c1-18(16,17)14(7-3-6-11(13)15)10-5-2-4-9(12)8-10/h2,4-5,8H,3,6-7H2,1H3,(H2,13,15). The third-order valence-electron chi connectivity index (χ3n) is 2.28. The Bertz CT molecular complexity index is 531. The van der Waals surface area contributed by atoms with Crippen LogP contribution in [0.25, 0.3) is 0 Å². The predicted octanol–water partition coefficient (Wildman–Crippen LogP) is 1.37. The van der Waals surface area contributed by atoms with Gasteiger partial charge in [-0.25, -0.2) is 8.42 Å². The van der Waals surface area contributed by atoms with Gasteiger partial charge < -0.3 is 5.73 Å². The minimum absolute atomic E-state index is 0.145. The molecule has 7 heteroatoms. The van der Waals surface area contributed by atoms with Gasteiger partial charge in [-0.1, -0.05) is 17.7 Å². The van der Waals surface area contributed by atoms with Crippen LogP contribution < -0.4 is 10.0 Å². The molecule has 0 spiro atoms. The Kier molecular flexibility index (Phi) is 4.98. The van der Waals surface area contributed by atoms with Gasteiger partial charge in [0.05, 0.1) is 11.9 Å². The lowest BCUT2D eigenvalue weighted by atomic mass is 10.2. The summed E-state index contributed by atoms with van der Waals surface area (Å²) in [5, 5.41) is 0.455. The van der Waals surface area contributed by atoms with E-state index in [1.165, 1.54) is 4.31 Å². The molecule has 0 bridgehead atoms. The fourth-order valence-corrected chi connectivity index (χ4v) is 2.66. The van der Waals surface area contributed by atoms with Gasteiger partial charge in [-0.2, -0.15) is 0 Å². The van der Waals surface area contributed by atoms with Crippen LogP contribution in [-0.2, 0) is 14.8 Å². The molecule has 0 atom stereocenters. The Morgan fingerprint density at radius 2 is 2.11 bits per heavy atom. The van der Waals surface area contributed by atoms with Gasteiger partial charge in [-0.3, -0.25) is 9.10 Å². The molecule has 0 aromatic heterocycles. The molecule has 100 valence electrons. The molecular formula is C11H15ClN2O3S. The Morgan fingerprint density at radius 3 is 2.61 bits per heavy atom. The fraction of sp³-hybridized carbons (Fsp3) is 0.364. The second kappa shape index (κ2) is 6.06. The Labute approximate surface area is 112 Å². The normalized spacial score (nSPS) is 11.2. The number of benzene rings is 1. The lowest BCUT2D eigenvalue weighted by molar-refractivity contribution is -0.118. The molecule has 0 unspecified atom stereocenters. The van der Waals surface area contributed by atoms with Crippen molar-refractivity contribution in [3.63, 3.8) is 0 Å². The molecule has 5 nitrogen and oxygen atoms in total. The largest absolute Gasteiger partial charge is 0.370 e. The molecule has 1 aromatic carbocycles. The first-order valence-corrected chi connectivity index (χ1v) is 7.55. The summed E-state index contributed by atoms with van der Waals surface area (Å²) in [6.07, 6.45) is 1.62. The van der Waals surface area contributed by atoms with Crippen molar-refractivity contribution in [2.24, 2.45) is 5.73 Å². The molecule has 1 aromatic rings. The van der Waals surface area contributed by atoms with Crippen LogP contribution in [0, 0.1) is 0 Å². The third kappa shape index (κ3) is 4.54. The highest BCUT2D eigenvalue weighted by Gasteiger charge is 2.17. The average molecular weight is 291 g/mol. The van der Waals surface area contributed by atoms with Crippen LogP contribution in [0.4, 0.5) is 5.69 Å². The van der Waals surface area contributed by atoms with Gasteiger partial charge in [-0.15, -0.1) is 0 Å². The molecule has 0 aliphatic carbocycles. The molecule has 2 N–H and O–H groups in total. The van der Waals surface area contributed by atoms with Gasteiger partial charge in [0.15, 0.2) is 0 Å². The van der Waals surface area contributed by atoms with E-state index in [4.69, 9.17) is 17.3 Å². The van der Waals surface area contributed by atoms with E-state index in [1.54, 1.807) is 24.3 Å². The summed E-state index contributed by atoms with van der Waals surface area (Å²) in [7, 11) is -3.41. The van der Waals surface area contributed by atoms with Crippen molar-refractivity contribution in [3.05, 3.63) is 29.3 Å². The van der Waals surface area contributed by atoms with E-state index in [-0.39, 0.29) is 13.0 Å². The van der Waals surface area contributed by atoms with Crippen LogP contribution in [0.3, 0.4) is 0 Å². The highest BCUT2D eigenvalue weighted by atomic mass is 35.5. The summed E-state index contributed by atoms with van der Waals surface area (Å²) >= 11 is 5.83. The lowest BCUT2D eigenvalue weighted by Crippen LogP contribution is -2.31. The van der Waals surface area contributed by atoms with Crippen LogP contribution in [-0.4, -0.2) is 27.1 Å². The second-order valence-corrected chi connectivity index (χ2v) is 6.23. The Morgan fingerprint density at radius 1 is 1.44 bits per heavy atom. The molecular weight excluding hydrogens is 276 g/mol. The zero-order chi connectivity index (χ0) is 13.8. The number of halogens is 1. The van der Waals surface area contributed by atoms with E-state index in [0.29, 0.717) is 17.1 Å². The predicted molar refractivity (Wildman–Crippen MR) is 72.1 cm³/mol. The maximum atomic E-state index is 11.7. The summed E-state index contributed by atoms with van der Waals surface area (Å²) in [6.45, 7) is 0.197. The number of hydrogen-bond donors (Lipinski definition) is 1. The topological polar surface area (TPSA) is 80.5 Å². The summed E-state index contributed by atoms with van der Waals surface area (Å²) in [5.74, 6) is -0.449. The third-order valence-corrected chi connectivity index (χ3v) is 3.71. The average Bonchev–Trinajstić information content (AvgIpc) is 2.22. The van der Waals surface area contributed by atoms with Gasteiger partial charge in [0.25, 0.3) is 0 Å². The highest BCUT2D eigenvalue weighted by molar-refractivity contribution is 7.92. The minimum Gasteiger partial charge on any atom is -0.370 e. The number of amides is 1. The van der Waals surface area contributed by atoms with E-state index in [0.717, 1.165) is 6.26 Å². The van der Waals surface area contributed by atoms with E-state index in [9.17, 15) is 13.2 Å². The van der Waals surface area contributed by atoms with Crippen molar-refractivity contribution >= 4 is 33.2 Å². The lowest BCUT2D eigenvalue weighted by Gasteiger charge is -2.22. The van der Waals surface area contributed by atoms with Crippen LogP contribution in [0.1, 0.15) is 12.8 Å². The van der Waals surface area contributed by atoms with Crippen molar-refractivity contribution in [1.82, 2.24) is 0 Å². The molecule has 0 radical (unpaired) electrons. The first-order chi connectivity index (χ1) is 8.30. The zero-order valence-electron chi connectivity index (χ0n) is 9.97. The molecule has 0 saturated carbocycles. The van der Waals surface area contributed by atoms with Crippen molar-refractivity contribution < 1.29 is 13.2 Å². The molecule has 0 aliphatic heterocycles. The Hall–Kier alpha value is -1.27. The summed E-state index contributed by atoms with van der Waals surface area (Å²) in [4.78, 5) is 10.7. The maximum Gasteiger partial charge on any atom is 0.232 e. The number of rotatable bonds is 6. The monoisotopic (exact) mass is 290 g/mol. The van der Waals surface area contributed by atoms with Gasteiger partial charge in [0, 0.05) is 18.0 Å². The van der Waals surface area contributed by atoms with E-state index in [2.05, 4.69) is 0 Å². The van der Waals surface area contributed by atoms with Crippen LogP contribution in [0.15, 0.2) is 24.3 Å². The molecule has 1 amide bonds. The van der Waals surface area contributed by atoms with Gasteiger partial charge >= 0.3 is 0 Å². The number of primary amides is 1. The molecule has 0 fully saturated rings. The van der Waals surface area contributed by atoms with Crippen LogP contribution in [0.2, 0.25) is 5.02 Å². The zero-order valence-corrected chi connectivity index (χ0v) is 11.5. The highest BCUT2D eigenvalue weighted by Crippen LogP contribution is 2.22. The second-order valence-electron chi connectivity index (χ2n) is 3.88. The summed E-state index contributed by atoms with van der Waals surface area (Å²) in [5.41, 5.74) is 5.50. The van der Waals surface area contributed by atoms with E-state index >= 15 is 0 Å². The smallest absolute Gasteiger partial charge is 0.232 e. The fourth-order valence-electron chi connectivity index (χ4n) is 1.51. The molecule has 0 aliphatic rings. The number of carbonyl (C=O) groups is 1. The van der Waals surface area contributed by atoms with Gasteiger partial charge in [-0.05, 0) is 24.6 Å². The number of nitrogens with two attached hydrogens (primary N) is 1. The first-order valence-electron chi connectivity index (χ1n) is 5.32. The Balaban J connectivity index is 2.89. The molecule has 1 rings (SSSR count). The van der Waals surface area contributed by atoms with Crippen molar-refractivity contribution in [2.45, 2.75) is 12.8 Å². The van der Waals surface area contributed by atoms with Crippen molar-refractivity contribution in [3.8, 4) is 0 Å². The minimum atomic E-state index is -3.41. The van der Waals surface area contributed by atoms with Crippen LogP contribution >= 0.6 is 11.6 Å². The quantitative estimate of drug-likeness (QED) is 0.859. The van der Waals surface area contributed by atoms with Crippen LogP contribution in [0.5, 0.6) is 0 Å². The summed E-state index contributed by atoms with van der Waals surface area (Å²) in [6, 6.07) is 6.54. The number of carbonyl (C=O) groups excluding carboxylic acids is 1.